The fourth-order valence-corrected chi connectivity index (χ4v) is 2.13. The molecule has 0 N–H and O–H groups in total. The minimum Gasteiger partial charge on any atom is -0.324 e. The van der Waals surface area contributed by atoms with Gasteiger partial charge in [-0.15, -0.1) is 0 Å². The van der Waals surface area contributed by atoms with Crippen molar-refractivity contribution in [1.29, 1.82) is 0 Å². The van der Waals surface area contributed by atoms with E-state index in [1.54, 1.807) is 12.1 Å². The van der Waals surface area contributed by atoms with Gasteiger partial charge in [-0.25, -0.2) is 4.79 Å². The molecule has 1 aromatic heterocycles. The van der Waals surface area contributed by atoms with Crippen molar-refractivity contribution in [3.05, 3.63) is 69.6 Å². The number of amides is 2. The van der Waals surface area contributed by atoms with Crippen LogP contribution in [0.15, 0.2) is 47.4 Å². The molecule has 0 bridgehead atoms. The first-order chi connectivity index (χ1) is 10.5. The summed E-state index contributed by atoms with van der Waals surface area (Å²) in [5, 5.41) is 0.374. The molecule has 0 saturated heterocycles. The van der Waals surface area contributed by atoms with Crippen molar-refractivity contribution in [2.45, 2.75) is 0 Å². The molecule has 0 fully saturated rings. The number of hydrogen-bond donors (Lipinski definition) is 0. The lowest BCUT2D eigenvalue weighted by Crippen LogP contribution is -2.35. The lowest BCUT2D eigenvalue weighted by molar-refractivity contribution is -0.0586. The Bertz CT molecular complexity index is 833. The molecule has 7 heteroatoms. The van der Waals surface area contributed by atoms with Crippen LogP contribution in [0, 0.1) is 0 Å². The van der Waals surface area contributed by atoms with Gasteiger partial charge in [0.15, 0.2) is 0 Å². The van der Waals surface area contributed by atoms with Crippen molar-refractivity contribution in [2.75, 3.05) is 0 Å². The van der Waals surface area contributed by atoms with E-state index in [1.807, 2.05) is 0 Å². The predicted molar refractivity (Wildman–Crippen MR) is 74.0 cm³/mol. The Morgan fingerprint density at radius 3 is 2.14 bits per heavy atom. The number of pyridine rings is 1. The van der Waals surface area contributed by atoms with Crippen LogP contribution >= 0.6 is 0 Å². The van der Waals surface area contributed by atoms with Crippen molar-refractivity contribution in [1.82, 2.24) is 9.63 Å². The predicted octanol–water partition coefficient (Wildman–Crippen LogP) is 0.753. The number of rotatable bonds is 2. The van der Waals surface area contributed by atoms with E-state index >= 15 is 0 Å². The first-order valence-corrected chi connectivity index (χ1v) is 6.36. The van der Waals surface area contributed by atoms with E-state index in [9.17, 15) is 19.2 Å². The van der Waals surface area contributed by atoms with E-state index in [4.69, 9.17) is 4.84 Å². The maximum atomic E-state index is 12.1. The third-order valence-corrected chi connectivity index (χ3v) is 3.27. The SMILES string of the molecule is Cn1cccc(C(=O)ON2C(=O)c3ccccc3C2=O)c1=O. The first-order valence-electron chi connectivity index (χ1n) is 6.36. The maximum absolute atomic E-state index is 12.1. The number of imide groups is 1. The first kappa shape index (κ1) is 13.7. The van der Waals surface area contributed by atoms with Gasteiger partial charge in [0.1, 0.15) is 5.56 Å². The number of hydroxylamine groups is 2. The summed E-state index contributed by atoms with van der Waals surface area (Å²) in [7, 11) is 1.47. The third-order valence-electron chi connectivity index (χ3n) is 3.27. The van der Waals surface area contributed by atoms with E-state index in [2.05, 4.69) is 0 Å². The van der Waals surface area contributed by atoms with Gasteiger partial charge in [0.25, 0.3) is 17.4 Å². The van der Waals surface area contributed by atoms with Crippen LogP contribution < -0.4 is 5.56 Å². The number of carbonyl (C=O) groups excluding carboxylic acids is 3. The average Bonchev–Trinajstić information content (AvgIpc) is 2.75. The molecule has 0 radical (unpaired) electrons. The van der Waals surface area contributed by atoms with Gasteiger partial charge in [0, 0.05) is 13.2 Å². The maximum Gasteiger partial charge on any atom is 0.369 e. The summed E-state index contributed by atoms with van der Waals surface area (Å²) < 4.78 is 1.19. The fraction of sp³-hybridized carbons (Fsp3) is 0.0667. The second kappa shape index (κ2) is 4.96. The number of aryl methyl sites for hydroxylation is 1. The summed E-state index contributed by atoms with van der Waals surface area (Å²) in [6.07, 6.45) is 1.47. The van der Waals surface area contributed by atoms with Crippen LogP contribution in [-0.4, -0.2) is 27.4 Å². The summed E-state index contributed by atoms with van der Waals surface area (Å²) in [4.78, 5) is 52.8. The highest BCUT2D eigenvalue weighted by Gasteiger charge is 2.39. The van der Waals surface area contributed by atoms with Gasteiger partial charge in [-0.3, -0.25) is 14.4 Å². The quantitative estimate of drug-likeness (QED) is 0.764. The Morgan fingerprint density at radius 1 is 0.955 bits per heavy atom. The molecule has 0 unspecified atom stereocenters. The van der Waals surface area contributed by atoms with Crippen LogP contribution in [0.2, 0.25) is 0 Å². The Balaban J connectivity index is 1.90. The average molecular weight is 298 g/mol. The normalized spacial score (nSPS) is 13.2. The number of nitrogens with zero attached hydrogens (tertiary/aromatic N) is 2. The van der Waals surface area contributed by atoms with Crippen molar-refractivity contribution < 1.29 is 19.2 Å². The number of hydrogen-bond acceptors (Lipinski definition) is 5. The molecule has 3 rings (SSSR count). The molecule has 0 spiro atoms. The van der Waals surface area contributed by atoms with E-state index in [-0.39, 0.29) is 16.7 Å². The van der Waals surface area contributed by atoms with Gasteiger partial charge >= 0.3 is 5.97 Å². The van der Waals surface area contributed by atoms with E-state index in [0.717, 1.165) is 0 Å². The molecule has 2 aromatic rings. The van der Waals surface area contributed by atoms with E-state index in [0.29, 0.717) is 5.06 Å². The molecule has 110 valence electrons. The zero-order chi connectivity index (χ0) is 15.9. The van der Waals surface area contributed by atoms with Crippen LogP contribution in [0.1, 0.15) is 31.1 Å². The molecule has 2 amide bonds. The van der Waals surface area contributed by atoms with Crippen LogP contribution in [0.5, 0.6) is 0 Å². The molecule has 2 heterocycles. The zero-order valence-corrected chi connectivity index (χ0v) is 11.5. The molecule has 22 heavy (non-hydrogen) atoms. The molecule has 0 saturated carbocycles. The van der Waals surface area contributed by atoms with Crippen LogP contribution in [-0.2, 0) is 11.9 Å². The van der Waals surface area contributed by atoms with E-state index < -0.39 is 23.3 Å². The molecule has 0 aliphatic carbocycles. The van der Waals surface area contributed by atoms with Gasteiger partial charge < -0.3 is 9.40 Å². The summed E-state index contributed by atoms with van der Waals surface area (Å²) in [6.45, 7) is 0. The Labute approximate surface area is 124 Å². The fourth-order valence-electron chi connectivity index (χ4n) is 2.13. The largest absolute Gasteiger partial charge is 0.369 e. The molecule has 7 nitrogen and oxygen atoms in total. The van der Waals surface area contributed by atoms with Gasteiger partial charge in [-0.2, -0.15) is 0 Å². The highest BCUT2D eigenvalue weighted by atomic mass is 16.7. The van der Waals surface area contributed by atoms with Gasteiger partial charge in [-0.1, -0.05) is 17.2 Å². The van der Waals surface area contributed by atoms with Crippen LogP contribution in [0.3, 0.4) is 0 Å². The van der Waals surface area contributed by atoms with Crippen molar-refractivity contribution in [2.24, 2.45) is 7.05 Å². The van der Waals surface area contributed by atoms with Crippen LogP contribution in [0.25, 0.3) is 0 Å². The Hall–Kier alpha value is -3.22. The van der Waals surface area contributed by atoms with E-state index in [1.165, 1.54) is 42.1 Å². The number of fused-ring (bicyclic) bond motifs is 1. The summed E-state index contributed by atoms with van der Waals surface area (Å²) in [5.41, 5.74) is -0.534. The monoisotopic (exact) mass is 298 g/mol. The lowest BCUT2D eigenvalue weighted by Gasteiger charge is -2.12. The topological polar surface area (TPSA) is 85.7 Å². The number of benzene rings is 1. The second-order valence-electron chi connectivity index (χ2n) is 4.67. The molecule has 1 aliphatic rings. The Kier molecular flexibility index (Phi) is 3.10. The smallest absolute Gasteiger partial charge is 0.324 e. The molecule has 0 atom stereocenters. The molecule has 1 aliphatic heterocycles. The van der Waals surface area contributed by atoms with Crippen molar-refractivity contribution in [3.8, 4) is 0 Å². The Morgan fingerprint density at radius 2 is 1.55 bits per heavy atom. The molecule has 1 aromatic carbocycles. The number of aromatic nitrogens is 1. The van der Waals surface area contributed by atoms with Gasteiger partial charge in [0.05, 0.1) is 11.1 Å². The summed E-state index contributed by atoms with van der Waals surface area (Å²) >= 11 is 0. The second-order valence-corrected chi connectivity index (χ2v) is 4.67. The van der Waals surface area contributed by atoms with Crippen LogP contribution in [0.4, 0.5) is 0 Å². The van der Waals surface area contributed by atoms with Crippen molar-refractivity contribution >= 4 is 17.8 Å². The standard InChI is InChI=1S/C15H10N2O5/c1-16-8-4-7-11(12(16)18)15(21)22-17-13(19)9-5-2-3-6-10(9)14(17)20/h2-8H,1H3. The minimum atomic E-state index is -1.06. The molecular weight excluding hydrogens is 288 g/mol. The zero-order valence-electron chi connectivity index (χ0n) is 11.5. The van der Waals surface area contributed by atoms with Gasteiger partial charge in [0.2, 0.25) is 0 Å². The minimum absolute atomic E-state index is 0.154. The number of carbonyl (C=O) groups is 3. The van der Waals surface area contributed by atoms with Gasteiger partial charge in [-0.05, 0) is 24.3 Å². The summed E-state index contributed by atoms with van der Waals surface area (Å²) in [6, 6.07) is 8.88. The summed E-state index contributed by atoms with van der Waals surface area (Å²) in [5.74, 6) is -2.53. The third kappa shape index (κ3) is 1.99. The highest BCUT2D eigenvalue weighted by Crippen LogP contribution is 2.22. The highest BCUT2D eigenvalue weighted by molar-refractivity contribution is 6.21. The molecular formula is C15H10N2O5. The van der Waals surface area contributed by atoms with Crippen molar-refractivity contribution in [3.63, 3.8) is 0 Å². The lowest BCUT2D eigenvalue weighted by atomic mass is 10.1.